The molecule has 1 aliphatic rings. The zero-order valence-electron chi connectivity index (χ0n) is 65.9. The van der Waals surface area contributed by atoms with Crippen LogP contribution in [0, 0.1) is 0 Å². The molecule has 0 aromatic heterocycles. The summed E-state index contributed by atoms with van der Waals surface area (Å²) in [5.74, 6) is 0.395. The Morgan fingerprint density at radius 1 is 0.446 bits per heavy atom. The van der Waals surface area contributed by atoms with E-state index >= 15 is 0 Å². The first kappa shape index (κ1) is 91.9. The first-order valence-electron chi connectivity index (χ1n) is 42.9. The summed E-state index contributed by atoms with van der Waals surface area (Å²) >= 11 is 0. The van der Waals surface area contributed by atoms with Crippen molar-refractivity contribution in [2.45, 2.75) is 436 Å². The van der Waals surface area contributed by atoms with Gasteiger partial charge in [-0.25, -0.2) is 0 Å². The predicted molar refractivity (Wildman–Crippen MR) is 432 cm³/mol. The highest BCUT2D eigenvalue weighted by molar-refractivity contribution is 6.99. The van der Waals surface area contributed by atoms with Crippen LogP contribution in [0.4, 0.5) is 0 Å². The standard InChI is InChI=1S/C90H157NO9Si/c1-6-8-10-12-14-16-18-20-35-39-43-47-51-55-61-69-79(93)70-62-56-52-48-44-40-37-33-31-29-27-25-23-22-24-26-28-30-32-34-38-42-46-50-54-58-68-76-85(94)91-82(78-98-89-88(97)87(96)86(95)84(77-92)99-89)83(75-67-57-53-49-45-41-36-21-19-17-15-13-11-9-7-2)100-101(90(3,4)5,80-71-63-59-64-72-80)81-73-65-60-66-74-81/h14,16,20,35,59-60,63-67,71-75,82-84,86-89,92,95-97H,6-13,15,17-19,21-34,36-58,61-62,68-70,76-78H2,1-5H3,(H,91,94)/b16-14-,35-20-,75-67+/t82-,83+,84+,86+,87-,88+,89+/m0/s1. The van der Waals surface area contributed by atoms with Crippen LogP contribution >= 0.6 is 0 Å². The van der Waals surface area contributed by atoms with Gasteiger partial charge in [0.1, 0.15) is 30.2 Å². The van der Waals surface area contributed by atoms with Gasteiger partial charge in [0.25, 0.3) is 8.32 Å². The van der Waals surface area contributed by atoms with Gasteiger partial charge < -0.3 is 39.6 Å². The van der Waals surface area contributed by atoms with Crippen LogP contribution < -0.4 is 15.7 Å². The van der Waals surface area contributed by atoms with E-state index in [2.05, 4.69) is 125 Å². The van der Waals surface area contributed by atoms with Crippen LogP contribution in [0.5, 0.6) is 0 Å². The summed E-state index contributed by atoms with van der Waals surface area (Å²) < 4.78 is 20.0. The lowest BCUT2D eigenvalue weighted by Crippen LogP contribution is -2.69. The molecule has 101 heavy (non-hydrogen) atoms. The minimum Gasteiger partial charge on any atom is -0.399 e. The molecule has 0 spiro atoms. The Balaban J connectivity index is 1.30. The quantitative estimate of drug-likeness (QED) is 0.0247. The summed E-state index contributed by atoms with van der Waals surface area (Å²) in [7, 11) is -3.19. The number of aliphatic hydroxyl groups is 4. The highest BCUT2D eigenvalue weighted by Gasteiger charge is 2.52. The number of hydrogen-bond donors (Lipinski definition) is 5. The number of benzene rings is 2. The summed E-state index contributed by atoms with van der Waals surface area (Å²) in [6, 6.07) is 20.3. The van der Waals surface area contributed by atoms with Gasteiger partial charge in [0.05, 0.1) is 25.4 Å². The van der Waals surface area contributed by atoms with E-state index in [1.165, 1.54) is 276 Å². The molecule has 2 aromatic rings. The number of rotatable bonds is 69. The average Bonchev–Trinajstić information content (AvgIpc) is 0.744. The maximum Gasteiger partial charge on any atom is 0.261 e. The molecule has 0 bridgehead atoms. The molecule has 1 heterocycles. The lowest BCUT2D eigenvalue weighted by atomic mass is 9.99. The molecular formula is C90H157NO9Si. The van der Waals surface area contributed by atoms with E-state index < -0.39 is 57.8 Å². The Morgan fingerprint density at radius 2 is 0.782 bits per heavy atom. The second kappa shape index (κ2) is 62.9. The van der Waals surface area contributed by atoms with Crippen LogP contribution in [0.3, 0.4) is 0 Å². The molecule has 1 aliphatic heterocycles. The molecule has 5 N–H and O–H groups in total. The Bertz CT molecular complexity index is 2250. The molecular weight excluding hydrogens is 1270 g/mol. The number of hydrogen-bond acceptors (Lipinski definition) is 9. The maximum atomic E-state index is 14.3. The number of allylic oxidation sites excluding steroid dienone is 5. The van der Waals surface area contributed by atoms with Gasteiger partial charge in [-0.1, -0.05) is 401 Å². The largest absolute Gasteiger partial charge is 0.399 e. The highest BCUT2D eigenvalue weighted by Crippen LogP contribution is 2.38. The number of Topliss-reactive ketones (excluding diaryl/α,β-unsaturated/α-hetero) is 1. The number of carbonyl (C=O) groups is 2. The number of unbranched alkanes of at least 4 members (excludes halogenated alkanes) is 47. The number of aliphatic hydroxyl groups excluding tert-OH is 4. The smallest absolute Gasteiger partial charge is 0.261 e. The molecule has 1 fully saturated rings. The van der Waals surface area contributed by atoms with Crippen molar-refractivity contribution < 1.29 is 43.9 Å². The SMILES string of the molecule is CCCCC/C=C\C/C=C\CCCCCCCC(=O)CCCCCCCCCCCCCCCCCCCCCCCCCCCCCC(=O)N[C@@H](CO[C@@H]1O[C@H](CO)[C@@H](O)[C@H](O)[C@H]1O)[C@@H](/C=C/CCCCCCCCCCCCCCC)O[Si](c1ccccc1)(c1ccccc1)C(C)(C)C. The molecule has 0 saturated carbocycles. The van der Waals surface area contributed by atoms with E-state index in [9.17, 15) is 30.0 Å². The summed E-state index contributed by atoms with van der Waals surface area (Å²) in [6.45, 7) is 10.6. The summed E-state index contributed by atoms with van der Waals surface area (Å²) in [5, 5.41) is 47.8. The number of amides is 1. The Labute approximate surface area is 622 Å². The van der Waals surface area contributed by atoms with Crippen molar-refractivity contribution in [3.63, 3.8) is 0 Å². The van der Waals surface area contributed by atoms with Gasteiger partial charge in [-0.2, -0.15) is 0 Å². The molecule has 7 atom stereocenters. The second-order valence-electron chi connectivity index (χ2n) is 31.5. The number of ether oxygens (including phenoxy) is 2. The van der Waals surface area contributed by atoms with E-state index in [-0.39, 0.29) is 17.6 Å². The minimum atomic E-state index is -3.19. The van der Waals surface area contributed by atoms with Crippen LogP contribution in [0.1, 0.15) is 388 Å². The van der Waals surface area contributed by atoms with Crippen LogP contribution in [0.25, 0.3) is 0 Å². The number of nitrogens with one attached hydrogen (secondary N) is 1. The zero-order valence-corrected chi connectivity index (χ0v) is 66.9. The lowest BCUT2D eigenvalue weighted by Gasteiger charge is -2.46. The molecule has 10 nitrogen and oxygen atoms in total. The van der Waals surface area contributed by atoms with E-state index in [1.807, 2.05) is 12.1 Å². The second-order valence-corrected chi connectivity index (χ2v) is 35.7. The fraction of sp³-hybridized carbons (Fsp3) is 0.778. The molecule has 0 aliphatic carbocycles. The van der Waals surface area contributed by atoms with E-state index in [0.29, 0.717) is 12.2 Å². The fourth-order valence-electron chi connectivity index (χ4n) is 14.8. The Kier molecular flexibility index (Phi) is 57.3. The average molecular weight is 1430 g/mol. The molecule has 580 valence electrons. The monoisotopic (exact) mass is 1420 g/mol. The number of carbonyl (C=O) groups excluding carboxylic acids is 2. The normalized spacial score (nSPS) is 17.5. The zero-order chi connectivity index (χ0) is 72.8. The first-order valence-corrected chi connectivity index (χ1v) is 44.8. The van der Waals surface area contributed by atoms with Gasteiger partial charge in [-0.05, 0) is 79.6 Å². The minimum absolute atomic E-state index is 0.0987. The third kappa shape index (κ3) is 44.5. The number of ketones is 1. The van der Waals surface area contributed by atoms with Crippen molar-refractivity contribution in [3.8, 4) is 0 Å². The van der Waals surface area contributed by atoms with E-state index in [0.717, 1.165) is 81.0 Å². The molecule has 1 saturated heterocycles. The van der Waals surface area contributed by atoms with Crippen molar-refractivity contribution in [1.29, 1.82) is 0 Å². The predicted octanol–water partition coefficient (Wildman–Crippen LogP) is 23.0. The van der Waals surface area contributed by atoms with Gasteiger partial charge in [0.2, 0.25) is 5.91 Å². The van der Waals surface area contributed by atoms with Crippen molar-refractivity contribution in [2.24, 2.45) is 0 Å². The first-order chi connectivity index (χ1) is 49.4. The summed E-state index contributed by atoms with van der Waals surface area (Å²) in [4.78, 5) is 26.6. The highest BCUT2D eigenvalue weighted by atomic mass is 28.4. The fourth-order valence-corrected chi connectivity index (χ4v) is 19.5. The summed E-state index contributed by atoms with van der Waals surface area (Å²) in [6.07, 6.45) is 73.9. The summed E-state index contributed by atoms with van der Waals surface area (Å²) in [5.41, 5.74) is 0. The van der Waals surface area contributed by atoms with E-state index in [1.54, 1.807) is 0 Å². The lowest BCUT2D eigenvalue weighted by molar-refractivity contribution is -0.302. The van der Waals surface area contributed by atoms with Crippen LogP contribution in [0.2, 0.25) is 5.04 Å². The molecule has 1 amide bonds. The molecule has 0 radical (unpaired) electrons. The molecule has 3 rings (SSSR count). The Morgan fingerprint density at radius 3 is 1.16 bits per heavy atom. The van der Waals surface area contributed by atoms with Gasteiger partial charge in [0.15, 0.2) is 6.29 Å². The third-order valence-electron chi connectivity index (χ3n) is 21.3. The van der Waals surface area contributed by atoms with Crippen molar-refractivity contribution in [1.82, 2.24) is 5.32 Å². The van der Waals surface area contributed by atoms with Crippen LogP contribution in [-0.4, -0.2) is 96.5 Å². The maximum absolute atomic E-state index is 14.3. The van der Waals surface area contributed by atoms with Gasteiger partial charge in [-0.15, -0.1) is 0 Å². The molecule has 11 heteroatoms. The molecule has 2 aromatic carbocycles. The third-order valence-corrected chi connectivity index (χ3v) is 26.4. The van der Waals surface area contributed by atoms with Gasteiger partial charge in [-0.3, -0.25) is 9.59 Å². The van der Waals surface area contributed by atoms with E-state index in [4.69, 9.17) is 13.9 Å². The van der Waals surface area contributed by atoms with Crippen molar-refractivity contribution in [2.75, 3.05) is 13.2 Å². The molecule has 0 unspecified atom stereocenters. The van der Waals surface area contributed by atoms with Crippen LogP contribution in [-0.2, 0) is 23.5 Å². The van der Waals surface area contributed by atoms with Crippen molar-refractivity contribution in [3.05, 3.63) is 97.1 Å². The van der Waals surface area contributed by atoms with Gasteiger partial charge in [0, 0.05) is 19.3 Å². The van der Waals surface area contributed by atoms with Crippen molar-refractivity contribution >= 4 is 30.4 Å². The van der Waals surface area contributed by atoms with Gasteiger partial charge >= 0.3 is 0 Å². The Hall–Kier alpha value is -3.26. The van der Waals surface area contributed by atoms with Crippen LogP contribution in [0.15, 0.2) is 97.1 Å². The topological polar surface area (TPSA) is 155 Å².